The number of hydrogen-bond donors (Lipinski definition) is 1. The van der Waals surface area contributed by atoms with Gasteiger partial charge in [-0.25, -0.2) is 4.98 Å². The Morgan fingerprint density at radius 3 is 2.43 bits per heavy atom. The molecule has 3 aromatic rings. The number of aromatic nitrogens is 1. The van der Waals surface area contributed by atoms with Crippen LogP contribution in [0.3, 0.4) is 0 Å². The molecule has 1 aromatic heterocycles. The average Bonchev–Trinajstić information content (AvgIpc) is 2.68. The van der Waals surface area contributed by atoms with E-state index in [0.717, 1.165) is 11.6 Å². The zero-order valence-corrected chi connectivity index (χ0v) is 16.6. The number of benzene rings is 2. The Morgan fingerprint density at radius 1 is 1.00 bits per heavy atom. The fourth-order valence-electron chi connectivity index (χ4n) is 2.90. The summed E-state index contributed by atoms with van der Waals surface area (Å²) in [6, 6.07) is 15.2. The van der Waals surface area contributed by atoms with E-state index in [0.29, 0.717) is 33.6 Å². The fourth-order valence-corrected chi connectivity index (χ4v) is 3.23. The van der Waals surface area contributed by atoms with Gasteiger partial charge in [-0.1, -0.05) is 36.4 Å². The molecule has 0 aliphatic rings. The van der Waals surface area contributed by atoms with Gasteiger partial charge in [0.15, 0.2) is 0 Å². The standard InChI is InChI=1S/C21H18BrF3N2O/c1-28-20-19(10-17(22)13-27-20)18-8-7-16(21(23,24)25)9-15(18)12-26-11-14-5-3-2-4-6-14/h2-10,13,26H,11-12H2,1H3. The van der Waals surface area contributed by atoms with Crippen LogP contribution >= 0.6 is 15.9 Å². The summed E-state index contributed by atoms with van der Waals surface area (Å²) < 4.78 is 45.7. The van der Waals surface area contributed by atoms with E-state index in [-0.39, 0.29) is 6.54 Å². The van der Waals surface area contributed by atoms with Gasteiger partial charge in [0, 0.05) is 29.3 Å². The summed E-state index contributed by atoms with van der Waals surface area (Å²) in [5, 5.41) is 3.22. The number of pyridine rings is 1. The van der Waals surface area contributed by atoms with Crippen LogP contribution in [0.1, 0.15) is 16.7 Å². The van der Waals surface area contributed by atoms with Crippen molar-refractivity contribution < 1.29 is 17.9 Å². The highest BCUT2D eigenvalue weighted by Crippen LogP contribution is 2.37. The van der Waals surface area contributed by atoms with Crippen LogP contribution in [-0.2, 0) is 19.3 Å². The molecule has 0 bridgehead atoms. The molecule has 0 fully saturated rings. The molecule has 0 amide bonds. The first-order valence-electron chi connectivity index (χ1n) is 8.53. The van der Waals surface area contributed by atoms with E-state index in [1.165, 1.54) is 19.2 Å². The van der Waals surface area contributed by atoms with E-state index in [1.807, 2.05) is 30.3 Å². The largest absolute Gasteiger partial charge is 0.481 e. The molecule has 0 unspecified atom stereocenters. The van der Waals surface area contributed by atoms with Crippen molar-refractivity contribution in [3.63, 3.8) is 0 Å². The summed E-state index contributed by atoms with van der Waals surface area (Å²) in [6.45, 7) is 0.814. The van der Waals surface area contributed by atoms with Gasteiger partial charge in [0.2, 0.25) is 5.88 Å². The van der Waals surface area contributed by atoms with Gasteiger partial charge in [-0.05, 0) is 50.8 Å². The van der Waals surface area contributed by atoms with Gasteiger partial charge in [-0.3, -0.25) is 0 Å². The van der Waals surface area contributed by atoms with Crippen LogP contribution in [0, 0.1) is 0 Å². The third-order valence-electron chi connectivity index (χ3n) is 4.22. The highest BCUT2D eigenvalue weighted by molar-refractivity contribution is 9.10. The summed E-state index contributed by atoms with van der Waals surface area (Å²) >= 11 is 3.36. The Morgan fingerprint density at radius 2 is 1.75 bits per heavy atom. The van der Waals surface area contributed by atoms with Gasteiger partial charge in [0.25, 0.3) is 0 Å². The maximum Gasteiger partial charge on any atom is 0.416 e. The average molecular weight is 451 g/mol. The van der Waals surface area contributed by atoms with Crippen molar-refractivity contribution in [3.8, 4) is 17.0 Å². The number of alkyl halides is 3. The molecule has 7 heteroatoms. The molecular formula is C21H18BrF3N2O. The fraction of sp³-hybridized carbons (Fsp3) is 0.190. The molecule has 3 rings (SSSR count). The normalized spacial score (nSPS) is 11.5. The molecule has 2 aromatic carbocycles. The van der Waals surface area contributed by atoms with Crippen molar-refractivity contribution in [2.45, 2.75) is 19.3 Å². The van der Waals surface area contributed by atoms with Crippen molar-refractivity contribution in [1.82, 2.24) is 10.3 Å². The van der Waals surface area contributed by atoms with Crippen LogP contribution in [0.25, 0.3) is 11.1 Å². The van der Waals surface area contributed by atoms with Crippen LogP contribution in [0.5, 0.6) is 5.88 Å². The van der Waals surface area contributed by atoms with E-state index in [9.17, 15) is 13.2 Å². The molecule has 0 saturated carbocycles. The highest BCUT2D eigenvalue weighted by atomic mass is 79.9. The van der Waals surface area contributed by atoms with Crippen LogP contribution < -0.4 is 10.1 Å². The first-order chi connectivity index (χ1) is 13.4. The second-order valence-electron chi connectivity index (χ2n) is 6.17. The second kappa shape index (κ2) is 8.75. The molecule has 0 radical (unpaired) electrons. The predicted octanol–water partition coefficient (Wildman–Crippen LogP) is 5.83. The molecular weight excluding hydrogens is 433 g/mol. The van der Waals surface area contributed by atoms with Crippen LogP contribution in [0.15, 0.2) is 65.3 Å². The first-order valence-corrected chi connectivity index (χ1v) is 9.32. The molecule has 0 atom stereocenters. The van der Waals surface area contributed by atoms with Gasteiger partial charge in [0.1, 0.15) is 0 Å². The maximum atomic E-state index is 13.2. The minimum Gasteiger partial charge on any atom is -0.481 e. The minimum absolute atomic E-state index is 0.268. The first kappa shape index (κ1) is 20.4. The number of nitrogens with one attached hydrogen (secondary N) is 1. The summed E-state index contributed by atoms with van der Waals surface area (Å²) in [4.78, 5) is 4.20. The van der Waals surface area contributed by atoms with Gasteiger partial charge in [0.05, 0.1) is 12.7 Å². The Labute approximate surface area is 169 Å². The van der Waals surface area contributed by atoms with Crippen LogP contribution in [0.4, 0.5) is 13.2 Å². The van der Waals surface area contributed by atoms with Crippen molar-refractivity contribution >= 4 is 15.9 Å². The topological polar surface area (TPSA) is 34.1 Å². The number of ether oxygens (including phenoxy) is 1. The van der Waals surface area contributed by atoms with E-state index in [2.05, 4.69) is 26.2 Å². The Hall–Kier alpha value is -2.38. The van der Waals surface area contributed by atoms with E-state index >= 15 is 0 Å². The van der Waals surface area contributed by atoms with E-state index in [1.54, 1.807) is 12.3 Å². The third-order valence-corrected chi connectivity index (χ3v) is 4.65. The van der Waals surface area contributed by atoms with Crippen molar-refractivity contribution in [2.75, 3.05) is 7.11 Å². The van der Waals surface area contributed by atoms with Crippen molar-refractivity contribution in [1.29, 1.82) is 0 Å². The minimum atomic E-state index is -4.41. The molecule has 3 nitrogen and oxygen atoms in total. The summed E-state index contributed by atoms with van der Waals surface area (Å²) in [7, 11) is 1.48. The Kier molecular flexibility index (Phi) is 6.36. The Bertz CT molecular complexity index is 946. The molecule has 0 saturated heterocycles. The van der Waals surface area contributed by atoms with Crippen LogP contribution in [0.2, 0.25) is 0 Å². The molecule has 28 heavy (non-hydrogen) atoms. The number of rotatable bonds is 6. The summed E-state index contributed by atoms with van der Waals surface area (Å²) in [5.74, 6) is 0.354. The molecule has 0 aliphatic heterocycles. The van der Waals surface area contributed by atoms with Gasteiger partial charge in [-0.2, -0.15) is 13.2 Å². The van der Waals surface area contributed by atoms with Crippen molar-refractivity contribution in [3.05, 3.63) is 82.0 Å². The lowest BCUT2D eigenvalue weighted by atomic mass is 9.97. The van der Waals surface area contributed by atoms with Crippen molar-refractivity contribution in [2.24, 2.45) is 0 Å². The van der Waals surface area contributed by atoms with Gasteiger partial charge < -0.3 is 10.1 Å². The summed E-state index contributed by atoms with van der Waals surface area (Å²) in [6.07, 6.45) is -2.83. The highest BCUT2D eigenvalue weighted by Gasteiger charge is 2.31. The molecule has 146 valence electrons. The lowest BCUT2D eigenvalue weighted by Gasteiger charge is -2.16. The predicted molar refractivity (Wildman–Crippen MR) is 106 cm³/mol. The number of nitrogens with zero attached hydrogens (tertiary/aromatic N) is 1. The SMILES string of the molecule is COc1ncc(Br)cc1-c1ccc(C(F)(F)F)cc1CNCc1ccccc1. The Balaban J connectivity index is 1.96. The quantitative estimate of drug-likeness (QED) is 0.512. The molecule has 1 heterocycles. The molecule has 0 aliphatic carbocycles. The van der Waals surface area contributed by atoms with Gasteiger partial charge in [-0.15, -0.1) is 0 Å². The third kappa shape index (κ3) is 4.91. The summed E-state index contributed by atoms with van der Waals surface area (Å²) in [5.41, 5.74) is 2.15. The van der Waals surface area contributed by atoms with Gasteiger partial charge >= 0.3 is 6.18 Å². The zero-order valence-electron chi connectivity index (χ0n) is 15.1. The van der Waals surface area contributed by atoms with E-state index in [4.69, 9.17) is 4.74 Å². The van der Waals surface area contributed by atoms with Crippen LogP contribution in [-0.4, -0.2) is 12.1 Å². The number of halogens is 4. The van der Waals surface area contributed by atoms with E-state index < -0.39 is 11.7 Å². The number of methoxy groups -OCH3 is 1. The smallest absolute Gasteiger partial charge is 0.416 e. The molecule has 0 spiro atoms. The maximum absolute atomic E-state index is 13.2. The lowest BCUT2D eigenvalue weighted by Crippen LogP contribution is -2.15. The zero-order chi connectivity index (χ0) is 20.1. The lowest BCUT2D eigenvalue weighted by molar-refractivity contribution is -0.137. The molecule has 1 N–H and O–H groups in total. The second-order valence-corrected chi connectivity index (χ2v) is 7.08. The number of hydrogen-bond acceptors (Lipinski definition) is 3. The monoisotopic (exact) mass is 450 g/mol.